The molecule has 1 heterocycles. The summed E-state index contributed by atoms with van der Waals surface area (Å²) in [6.07, 6.45) is 5.39. The number of nitrogens with zero attached hydrogens (tertiary/aromatic N) is 2. The summed E-state index contributed by atoms with van der Waals surface area (Å²) in [6, 6.07) is 0. The smallest absolute Gasteiger partial charge is 0.0943 e. The van der Waals surface area contributed by atoms with Crippen molar-refractivity contribution in [2.24, 2.45) is 7.05 Å². The van der Waals surface area contributed by atoms with Crippen molar-refractivity contribution >= 4 is 0 Å². The number of hydrogen-bond donors (Lipinski definition) is 0. The van der Waals surface area contributed by atoms with E-state index in [-0.39, 0.29) is 16.8 Å². The predicted octanol–water partition coefficient (Wildman–Crippen LogP) is 0.418. The van der Waals surface area contributed by atoms with Crippen LogP contribution >= 0.6 is 0 Å². The number of aromatic nitrogens is 2. The van der Waals surface area contributed by atoms with Gasteiger partial charge in [-0.15, -0.1) is 0 Å². The standard InChI is InChI=1S/C4H6N2.Co/c1-6-3-2-5-4-6;/h2-4H,1H3;. The van der Waals surface area contributed by atoms with Crippen LogP contribution in [0, 0.1) is 0 Å². The van der Waals surface area contributed by atoms with Crippen LogP contribution in [0.4, 0.5) is 0 Å². The molecular formula is C4H6CoN2. The molecule has 1 rings (SSSR count). The van der Waals surface area contributed by atoms with Crippen LogP contribution in [-0.2, 0) is 23.8 Å². The van der Waals surface area contributed by atoms with Crippen molar-refractivity contribution in [1.29, 1.82) is 0 Å². The van der Waals surface area contributed by atoms with E-state index >= 15 is 0 Å². The Morgan fingerprint density at radius 3 is 2.43 bits per heavy atom. The van der Waals surface area contributed by atoms with Crippen LogP contribution in [0.1, 0.15) is 0 Å². The van der Waals surface area contributed by atoms with Gasteiger partial charge in [0.1, 0.15) is 0 Å². The molecule has 0 aliphatic rings. The first-order chi connectivity index (χ1) is 2.89. The first-order valence-electron chi connectivity index (χ1n) is 1.81. The second-order valence-electron chi connectivity index (χ2n) is 1.23. The Morgan fingerprint density at radius 1 is 1.57 bits per heavy atom. The van der Waals surface area contributed by atoms with Crippen molar-refractivity contribution in [3.05, 3.63) is 18.7 Å². The van der Waals surface area contributed by atoms with Gasteiger partial charge in [0.15, 0.2) is 0 Å². The number of aryl methyl sites for hydroxylation is 1. The summed E-state index contributed by atoms with van der Waals surface area (Å²) >= 11 is 0. The molecule has 0 aliphatic heterocycles. The summed E-state index contributed by atoms with van der Waals surface area (Å²) < 4.78 is 1.89. The minimum Gasteiger partial charge on any atom is -0.341 e. The van der Waals surface area contributed by atoms with E-state index in [1.165, 1.54) is 0 Å². The molecule has 7 heavy (non-hydrogen) atoms. The molecule has 3 heteroatoms. The Balaban J connectivity index is 0.000000360. The fourth-order valence-electron chi connectivity index (χ4n) is 0.326. The Morgan fingerprint density at radius 2 is 2.29 bits per heavy atom. The van der Waals surface area contributed by atoms with Crippen LogP contribution in [0.3, 0.4) is 0 Å². The maximum absolute atomic E-state index is 3.78. The van der Waals surface area contributed by atoms with E-state index in [2.05, 4.69) is 4.98 Å². The van der Waals surface area contributed by atoms with Crippen LogP contribution < -0.4 is 0 Å². The van der Waals surface area contributed by atoms with Gasteiger partial charge in [0, 0.05) is 36.2 Å². The summed E-state index contributed by atoms with van der Waals surface area (Å²) in [5, 5.41) is 0. The zero-order chi connectivity index (χ0) is 4.41. The Bertz CT molecular complexity index is 113. The van der Waals surface area contributed by atoms with Crippen molar-refractivity contribution in [1.82, 2.24) is 9.55 Å². The van der Waals surface area contributed by atoms with E-state index in [1.54, 1.807) is 12.5 Å². The van der Waals surface area contributed by atoms with Gasteiger partial charge < -0.3 is 4.57 Å². The van der Waals surface area contributed by atoms with Gasteiger partial charge in [0.05, 0.1) is 6.33 Å². The predicted molar refractivity (Wildman–Crippen MR) is 23.2 cm³/mol. The summed E-state index contributed by atoms with van der Waals surface area (Å²) in [4.78, 5) is 3.78. The average molecular weight is 141 g/mol. The second-order valence-corrected chi connectivity index (χ2v) is 1.23. The molecule has 0 N–H and O–H groups in total. The van der Waals surface area contributed by atoms with Gasteiger partial charge >= 0.3 is 0 Å². The Labute approximate surface area is 52.8 Å². The maximum atomic E-state index is 3.78. The quantitative estimate of drug-likeness (QED) is 0.511. The molecular weight excluding hydrogens is 135 g/mol. The van der Waals surface area contributed by atoms with Crippen LogP contribution in [0.15, 0.2) is 18.7 Å². The van der Waals surface area contributed by atoms with Crippen molar-refractivity contribution in [3.8, 4) is 0 Å². The van der Waals surface area contributed by atoms with E-state index in [9.17, 15) is 0 Å². The molecule has 0 atom stereocenters. The molecule has 0 bridgehead atoms. The average Bonchev–Trinajstić information content (AvgIpc) is 1.86. The van der Waals surface area contributed by atoms with E-state index < -0.39 is 0 Å². The fraction of sp³-hybridized carbons (Fsp3) is 0.250. The largest absolute Gasteiger partial charge is 0.341 e. The third-order valence-corrected chi connectivity index (χ3v) is 0.637. The van der Waals surface area contributed by atoms with E-state index in [4.69, 9.17) is 0 Å². The van der Waals surface area contributed by atoms with Gasteiger partial charge in [-0.2, -0.15) is 0 Å². The number of hydrogen-bond acceptors (Lipinski definition) is 1. The SMILES string of the molecule is Cn1ccnc1.[Co]. The topological polar surface area (TPSA) is 17.8 Å². The van der Waals surface area contributed by atoms with Crippen LogP contribution in [0.5, 0.6) is 0 Å². The third kappa shape index (κ3) is 1.75. The first kappa shape index (κ1) is 6.72. The van der Waals surface area contributed by atoms with Gasteiger partial charge in [-0.3, -0.25) is 0 Å². The maximum Gasteiger partial charge on any atom is 0.0943 e. The molecule has 2 nitrogen and oxygen atoms in total. The number of rotatable bonds is 0. The molecule has 1 aromatic rings. The normalized spacial score (nSPS) is 7.57. The molecule has 1 aromatic heterocycles. The van der Waals surface area contributed by atoms with Gasteiger partial charge in [-0.1, -0.05) is 0 Å². The molecule has 0 fully saturated rings. The minimum atomic E-state index is 0. The Kier molecular flexibility index (Phi) is 2.70. The van der Waals surface area contributed by atoms with Gasteiger partial charge in [-0.05, 0) is 0 Å². The monoisotopic (exact) mass is 141 g/mol. The molecule has 0 saturated heterocycles. The molecule has 1 radical (unpaired) electrons. The first-order valence-corrected chi connectivity index (χ1v) is 1.81. The van der Waals surface area contributed by atoms with E-state index in [0.717, 1.165) is 0 Å². The van der Waals surface area contributed by atoms with Crippen LogP contribution in [-0.4, -0.2) is 9.55 Å². The fourth-order valence-corrected chi connectivity index (χ4v) is 0.326. The molecule has 0 aromatic carbocycles. The Hall–Kier alpha value is -0.284. The molecule has 0 unspecified atom stereocenters. The minimum absolute atomic E-state index is 0. The summed E-state index contributed by atoms with van der Waals surface area (Å²) in [5.41, 5.74) is 0. The van der Waals surface area contributed by atoms with Crippen LogP contribution in [0.2, 0.25) is 0 Å². The molecule has 0 aliphatic carbocycles. The summed E-state index contributed by atoms with van der Waals surface area (Å²) in [6.45, 7) is 0. The third-order valence-electron chi connectivity index (χ3n) is 0.637. The molecule has 0 spiro atoms. The molecule has 41 valence electrons. The molecule has 0 amide bonds. The number of imidazole rings is 1. The van der Waals surface area contributed by atoms with E-state index in [1.807, 2.05) is 17.8 Å². The van der Waals surface area contributed by atoms with Gasteiger partial charge in [0.25, 0.3) is 0 Å². The summed E-state index contributed by atoms with van der Waals surface area (Å²) in [5.74, 6) is 0. The zero-order valence-corrected chi connectivity index (χ0v) is 5.00. The van der Waals surface area contributed by atoms with Gasteiger partial charge in [-0.25, -0.2) is 4.98 Å². The van der Waals surface area contributed by atoms with Crippen molar-refractivity contribution in [2.75, 3.05) is 0 Å². The zero-order valence-electron chi connectivity index (χ0n) is 3.96. The van der Waals surface area contributed by atoms with Crippen molar-refractivity contribution < 1.29 is 16.8 Å². The molecule has 0 saturated carbocycles. The van der Waals surface area contributed by atoms with E-state index in [0.29, 0.717) is 0 Å². The van der Waals surface area contributed by atoms with Crippen molar-refractivity contribution in [3.63, 3.8) is 0 Å². The summed E-state index contributed by atoms with van der Waals surface area (Å²) in [7, 11) is 1.94. The second kappa shape index (κ2) is 2.82. The van der Waals surface area contributed by atoms with Crippen LogP contribution in [0.25, 0.3) is 0 Å². The van der Waals surface area contributed by atoms with Gasteiger partial charge in [0.2, 0.25) is 0 Å². The van der Waals surface area contributed by atoms with Crippen molar-refractivity contribution in [2.45, 2.75) is 0 Å².